The lowest BCUT2D eigenvalue weighted by molar-refractivity contribution is -0.184. The van der Waals surface area contributed by atoms with Crippen LogP contribution in [0.1, 0.15) is 74.1 Å². The lowest BCUT2D eigenvalue weighted by Crippen LogP contribution is -2.53. The summed E-state index contributed by atoms with van der Waals surface area (Å²) in [4.78, 5) is 76.4. The molecule has 0 radical (unpaired) electrons. The fourth-order valence-corrected chi connectivity index (χ4v) is 12.8. The average molecular weight is 1220 g/mol. The van der Waals surface area contributed by atoms with Crippen molar-refractivity contribution in [3.63, 3.8) is 0 Å². The van der Waals surface area contributed by atoms with Crippen molar-refractivity contribution in [2.24, 2.45) is 5.92 Å². The number of ether oxygens (including phenoxy) is 6. The number of hydrogen-bond acceptors (Lipinski definition) is 18. The Morgan fingerprint density at radius 1 is 0.837 bits per heavy atom. The minimum Gasteiger partial charge on any atom is -0.497 e. The van der Waals surface area contributed by atoms with E-state index in [1.165, 1.54) is 17.2 Å². The van der Waals surface area contributed by atoms with E-state index in [4.69, 9.17) is 41.9 Å². The monoisotopic (exact) mass is 1220 g/mol. The molecule has 8 aromatic rings. The molecule has 3 fully saturated rings. The van der Waals surface area contributed by atoms with Crippen LogP contribution in [-0.4, -0.2) is 134 Å². The molecule has 3 aliphatic heterocycles. The van der Waals surface area contributed by atoms with Gasteiger partial charge >= 0.3 is 7.82 Å². The third-order valence-electron chi connectivity index (χ3n) is 16.2. The van der Waals surface area contributed by atoms with Gasteiger partial charge in [0.25, 0.3) is 11.5 Å². The summed E-state index contributed by atoms with van der Waals surface area (Å²) in [5, 5.41) is 5.05. The molecule has 4 aromatic heterocycles. The summed E-state index contributed by atoms with van der Waals surface area (Å²) in [6.07, 6.45) is -6.45. The quantitative estimate of drug-likeness (QED) is 0.0297. The number of rotatable bonds is 21. The van der Waals surface area contributed by atoms with E-state index in [2.05, 4.69) is 61.3 Å². The van der Waals surface area contributed by atoms with Gasteiger partial charge in [0, 0.05) is 11.5 Å². The predicted molar refractivity (Wildman–Crippen MR) is 314 cm³/mol. The van der Waals surface area contributed by atoms with Gasteiger partial charge in [0.2, 0.25) is 11.9 Å². The first-order chi connectivity index (χ1) is 41.0. The van der Waals surface area contributed by atoms with Crippen LogP contribution >= 0.6 is 7.82 Å². The molecule has 0 saturated carbocycles. The van der Waals surface area contributed by atoms with Crippen molar-refractivity contribution in [2.75, 3.05) is 44.7 Å². The Bertz CT molecular complexity index is 3820. The molecule has 4 N–H and O–H groups in total. The van der Waals surface area contributed by atoms with Crippen LogP contribution in [0.2, 0.25) is 18.1 Å². The number of carbonyl (C=O) groups excluding carboxylic acids is 2. The molecule has 7 heterocycles. The van der Waals surface area contributed by atoms with E-state index in [0.29, 0.717) is 33.8 Å². The number of nitrogens with one attached hydrogen (secondary N) is 3. The van der Waals surface area contributed by atoms with E-state index in [9.17, 15) is 23.8 Å². The summed E-state index contributed by atoms with van der Waals surface area (Å²) in [5.74, 6) is -0.359. The number of aromatic nitrogens is 8. The van der Waals surface area contributed by atoms with Gasteiger partial charge in [-0.1, -0.05) is 107 Å². The molecule has 4 aromatic carbocycles. The predicted octanol–water partition coefficient (Wildman–Crippen LogP) is 8.63. The second-order valence-electron chi connectivity index (χ2n) is 23.0. The van der Waals surface area contributed by atoms with E-state index < -0.39 is 107 Å². The van der Waals surface area contributed by atoms with Crippen LogP contribution in [-0.2, 0) is 47.4 Å². The Morgan fingerprint density at radius 2 is 1.44 bits per heavy atom. The summed E-state index contributed by atoms with van der Waals surface area (Å²) >= 11 is 0. The number of fused-ring (bicyclic) bond motifs is 4. The molecule has 3 aliphatic rings. The van der Waals surface area contributed by atoms with Crippen molar-refractivity contribution in [1.82, 2.24) is 39.0 Å². The number of aromatic amines is 1. The minimum atomic E-state index is -5.45. The Kier molecular flexibility index (Phi) is 16.5. The van der Waals surface area contributed by atoms with Crippen molar-refractivity contribution >= 4 is 62.0 Å². The van der Waals surface area contributed by atoms with Gasteiger partial charge in [-0.15, -0.1) is 0 Å². The number of halogens is 1. The molecular weight excluding hydrogens is 1150 g/mol. The van der Waals surface area contributed by atoms with Crippen LogP contribution in [0.5, 0.6) is 11.5 Å². The van der Waals surface area contributed by atoms with E-state index in [0.717, 1.165) is 6.33 Å². The lowest BCUT2D eigenvalue weighted by atomic mass is 9.80. The molecule has 9 atom stereocenters. The summed E-state index contributed by atoms with van der Waals surface area (Å²) in [5.41, 5.74) is -1.41. The number of amides is 2. The average Bonchev–Trinajstić information content (AvgIpc) is 1.62. The van der Waals surface area contributed by atoms with Gasteiger partial charge in [0.15, 0.2) is 55.1 Å². The van der Waals surface area contributed by atoms with Gasteiger partial charge in [0.05, 0.1) is 46.7 Å². The number of anilines is 2. The Morgan fingerprint density at radius 3 is 2.06 bits per heavy atom. The molecule has 452 valence electrons. The number of phosphoric ester groups is 1. The van der Waals surface area contributed by atoms with Crippen molar-refractivity contribution in [3.05, 3.63) is 161 Å². The summed E-state index contributed by atoms with van der Waals surface area (Å²) < 4.78 is 92.8. The highest BCUT2D eigenvalue weighted by Crippen LogP contribution is 2.56. The van der Waals surface area contributed by atoms with E-state index in [1.807, 2.05) is 67.7 Å². The van der Waals surface area contributed by atoms with Gasteiger partial charge in [0.1, 0.15) is 53.4 Å². The highest BCUT2D eigenvalue weighted by molar-refractivity contribution is 7.47. The van der Waals surface area contributed by atoms with Crippen molar-refractivity contribution < 1.29 is 65.3 Å². The maximum Gasteiger partial charge on any atom is 0.472 e. The maximum absolute atomic E-state index is 18.1. The zero-order valence-electron chi connectivity index (χ0n) is 48.6. The molecule has 86 heavy (non-hydrogen) atoms. The molecule has 11 rings (SSSR count). The Labute approximate surface area is 494 Å². The fourth-order valence-electron chi connectivity index (χ4n) is 10.5. The largest absolute Gasteiger partial charge is 0.497 e. The van der Waals surface area contributed by atoms with Gasteiger partial charge in [-0.3, -0.25) is 42.9 Å². The smallest absolute Gasteiger partial charge is 0.472 e. The number of carbonyl (C=O) groups is 2. The molecule has 2 bridgehead atoms. The first kappa shape index (κ1) is 60.1. The number of imidazole rings is 2. The number of benzene rings is 4. The third-order valence-corrected chi connectivity index (χ3v) is 21.6. The van der Waals surface area contributed by atoms with Crippen molar-refractivity contribution in [2.45, 2.75) is 107 Å². The molecular formula is C59H66FN10O14PSi. The van der Waals surface area contributed by atoms with Crippen LogP contribution in [0.4, 0.5) is 16.2 Å². The zero-order valence-corrected chi connectivity index (χ0v) is 50.5. The number of nitrogens with zero attached hydrogens (tertiary/aromatic N) is 7. The van der Waals surface area contributed by atoms with Crippen molar-refractivity contribution in [1.29, 1.82) is 0 Å². The molecule has 0 spiro atoms. The topological polar surface area (TPSA) is 286 Å². The molecule has 24 nitrogen and oxygen atoms in total. The molecule has 0 aliphatic carbocycles. The standard InChI is InChI=1S/C59H66FN10O14PSi/c1-34(2)51(71)67-56-66-50-44(53(73)68-56)64-33-70(50)54-45(42(60)41(81-54)28-79-59(36-18-14-11-15-19-36,37-20-24-39(76-6)25-21-37)38-22-26-40(77-7)27-23-38)83-85(74,75)80-30-58-29-78-46(47(58)84-86(8,9)57(3,4)5)55(82-58)69-32-63-43-48(61-31-62-49(43)69)65-52(72)35-16-12-10-13-17-35/h10-27,31-34,41-42,45-47,54-55H,28-30H2,1-9H3,(H,74,75)(H,61,62,65,72)(H2,66,67,68,71,73)/t41-,42?,45-,46-,47+,54-,55-,58-/m1/s1. The summed E-state index contributed by atoms with van der Waals surface area (Å²) in [7, 11) is -5.08. The molecule has 3 saturated heterocycles. The van der Waals surface area contributed by atoms with Gasteiger partial charge in [-0.05, 0) is 71.2 Å². The summed E-state index contributed by atoms with van der Waals surface area (Å²) in [6, 6.07) is 32.3. The van der Waals surface area contributed by atoms with Gasteiger partial charge in [-0.25, -0.2) is 28.9 Å². The van der Waals surface area contributed by atoms with Crippen LogP contribution in [0.15, 0.2) is 133 Å². The maximum atomic E-state index is 18.1. The first-order valence-electron chi connectivity index (χ1n) is 27.8. The van der Waals surface area contributed by atoms with Crippen molar-refractivity contribution in [3.8, 4) is 11.5 Å². The third kappa shape index (κ3) is 11.4. The van der Waals surface area contributed by atoms with E-state index in [-0.39, 0.29) is 45.7 Å². The normalized spacial score (nSPS) is 23.0. The van der Waals surface area contributed by atoms with Gasteiger partial charge in [-0.2, -0.15) is 4.98 Å². The van der Waals surface area contributed by atoms with Crippen LogP contribution < -0.4 is 25.7 Å². The SMILES string of the molecule is COc1ccc(C(OC[C@H]2O[C@@H](n3cnc4c(=O)[nH]c(NC(=O)C(C)C)nc43)[C@H](OP(=O)(O)OC[C@@]34CO[C@@H]([C@H](n5cnc6c(NC(=O)c7ccccc7)ncnc65)O3)[C@@H]4O[Si](C)(C)C(C)(C)C)C2F)(c2ccccc2)c2ccc(OC)cc2)cc1. The zero-order chi connectivity index (χ0) is 60.9. The molecule has 27 heteroatoms. The van der Waals surface area contributed by atoms with Crippen LogP contribution in [0.3, 0.4) is 0 Å². The number of alkyl halides is 1. The highest BCUT2D eigenvalue weighted by Gasteiger charge is 2.66. The number of H-pyrrole nitrogens is 1. The fraction of sp³-hybridized carbons (Fsp3) is 0.390. The van der Waals surface area contributed by atoms with Crippen LogP contribution in [0, 0.1) is 5.92 Å². The van der Waals surface area contributed by atoms with E-state index >= 15 is 4.39 Å². The summed E-state index contributed by atoms with van der Waals surface area (Å²) in [6.45, 7) is 12.2. The minimum absolute atomic E-state index is 0.140. The molecule has 2 unspecified atom stereocenters. The number of hydrogen-bond donors (Lipinski definition) is 4. The number of methoxy groups -OCH3 is 2. The van der Waals surface area contributed by atoms with Gasteiger partial charge < -0.3 is 43.1 Å². The lowest BCUT2D eigenvalue weighted by Gasteiger charge is -2.40. The van der Waals surface area contributed by atoms with Crippen LogP contribution in [0.25, 0.3) is 22.3 Å². The second kappa shape index (κ2) is 23.6. The number of phosphoric acid groups is 1. The highest BCUT2D eigenvalue weighted by atomic mass is 31.2. The molecule has 2 amide bonds. The Balaban J connectivity index is 0.932. The second-order valence-corrected chi connectivity index (χ2v) is 29.2. The van der Waals surface area contributed by atoms with E-state index in [1.54, 1.807) is 87.2 Å². The first-order valence-corrected chi connectivity index (χ1v) is 32.2. The Hall–Kier alpha value is -7.62.